The van der Waals surface area contributed by atoms with Gasteiger partial charge in [-0.1, -0.05) is 28.1 Å². The van der Waals surface area contributed by atoms with Gasteiger partial charge in [0.05, 0.1) is 14.2 Å². The number of nitrogens with one attached hydrogen (secondary N) is 3. The number of rotatable bonds is 9. The molecule has 2 rings (SSSR count). The van der Waals surface area contributed by atoms with Gasteiger partial charge in [-0.3, -0.25) is 4.79 Å². The summed E-state index contributed by atoms with van der Waals surface area (Å²) in [6.07, 6.45) is 0.625. The zero-order chi connectivity index (χ0) is 20.4. The van der Waals surface area contributed by atoms with Gasteiger partial charge in [0.2, 0.25) is 0 Å². The normalized spacial score (nSPS) is 10.1. The highest BCUT2D eigenvalue weighted by Gasteiger charge is 2.07. The summed E-state index contributed by atoms with van der Waals surface area (Å²) in [5.74, 6) is 1.25. The van der Waals surface area contributed by atoms with Gasteiger partial charge in [-0.25, -0.2) is 4.79 Å². The number of hydrogen-bond donors (Lipinski definition) is 3. The molecule has 0 unspecified atom stereocenters. The number of hydrogen-bond acceptors (Lipinski definition) is 4. The van der Waals surface area contributed by atoms with Crippen LogP contribution in [-0.2, 0) is 6.42 Å². The largest absolute Gasteiger partial charge is 0.497 e. The molecule has 0 aromatic heterocycles. The number of carbonyl (C=O) groups is 2. The Morgan fingerprint density at radius 2 is 1.68 bits per heavy atom. The molecule has 2 aromatic rings. The Labute approximate surface area is 172 Å². The van der Waals surface area contributed by atoms with Crippen molar-refractivity contribution in [1.82, 2.24) is 16.0 Å². The van der Waals surface area contributed by atoms with Crippen LogP contribution in [0.4, 0.5) is 4.79 Å². The van der Waals surface area contributed by atoms with Crippen molar-refractivity contribution in [2.75, 3.05) is 33.9 Å². The second kappa shape index (κ2) is 11.2. The fraction of sp³-hybridized carbons (Fsp3) is 0.300. The molecule has 0 atom stereocenters. The zero-order valence-corrected chi connectivity index (χ0v) is 17.5. The SMILES string of the molecule is COc1ccc(CCNC(=O)NCCNC(=O)c2cccc(Br)c2)c(OC)c1. The molecular formula is C20H24BrN3O4. The second-order valence-electron chi connectivity index (χ2n) is 5.88. The van der Waals surface area contributed by atoms with Crippen LogP contribution in [0.5, 0.6) is 11.5 Å². The molecule has 0 fully saturated rings. The lowest BCUT2D eigenvalue weighted by atomic mass is 10.1. The monoisotopic (exact) mass is 449 g/mol. The van der Waals surface area contributed by atoms with Crippen molar-refractivity contribution in [2.45, 2.75) is 6.42 Å². The molecule has 150 valence electrons. The summed E-state index contributed by atoms with van der Waals surface area (Å²) in [4.78, 5) is 23.9. The van der Waals surface area contributed by atoms with E-state index >= 15 is 0 Å². The van der Waals surface area contributed by atoms with Crippen molar-refractivity contribution in [3.05, 3.63) is 58.1 Å². The van der Waals surface area contributed by atoms with Crippen LogP contribution in [0.25, 0.3) is 0 Å². The minimum Gasteiger partial charge on any atom is -0.497 e. The summed E-state index contributed by atoms with van der Waals surface area (Å²) in [6, 6.07) is 12.4. The standard InChI is InChI=1S/C20H24BrN3O4/c1-27-17-7-6-14(18(13-17)28-2)8-9-23-20(26)24-11-10-22-19(25)15-4-3-5-16(21)12-15/h3-7,12-13H,8-11H2,1-2H3,(H,22,25)(H2,23,24,26). The third-order valence-corrected chi connectivity index (χ3v) is 4.45. The number of amides is 3. The average Bonchev–Trinajstić information content (AvgIpc) is 2.71. The van der Waals surface area contributed by atoms with Gasteiger partial charge in [-0.2, -0.15) is 0 Å². The smallest absolute Gasteiger partial charge is 0.314 e. The summed E-state index contributed by atoms with van der Waals surface area (Å²) in [5.41, 5.74) is 1.54. The molecule has 0 bridgehead atoms. The number of benzene rings is 2. The highest BCUT2D eigenvalue weighted by molar-refractivity contribution is 9.10. The van der Waals surface area contributed by atoms with Gasteiger partial charge in [-0.15, -0.1) is 0 Å². The van der Waals surface area contributed by atoms with Crippen molar-refractivity contribution in [2.24, 2.45) is 0 Å². The van der Waals surface area contributed by atoms with Crippen LogP contribution in [-0.4, -0.2) is 45.8 Å². The van der Waals surface area contributed by atoms with Crippen molar-refractivity contribution >= 4 is 27.9 Å². The molecule has 0 aliphatic rings. The van der Waals surface area contributed by atoms with Gasteiger partial charge < -0.3 is 25.4 Å². The first-order valence-electron chi connectivity index (χ1n) is 8.80. The number of halogens is 1. The Morgan fingerprint density at radius 3 is 2.39 bits per heavy atom. The van der Waals surface area contributed by atoms with Crippen molar-refractivity contribution in [1.29, 1.82) is 0 Å². The fourth-order valence-electron chi connectivity index (χ4n) is 2.52. The van der Waals surface area contributed by atoms with E-state index in [1.807, 2.05) is 24.3 Å². The van der Waals surface area contributed by atoms with Crippen LogP contribution < -0.4 is 25.4 Å². The van der Waals surface area contributed by atoms with E-state index in [0.29, 0.717) is 31.6 Å². The molecule has 8 heteroatoms. The van der Waals surface area contributed by atoms with E-state index in [9.17, 15) is 9.59 Å². The summed E-state index contributed by atoms with van der Waals surface area (Å²) in [7, 11) is 3.20. The minimum absolute atomic E-state index is 0.185. The zero-order valence-electron chi connectivity index (χ0n) is 15.9. The molecule has 0 aliphatic carbocycles. The third-order valence-electron chi connectivity index (χ3n) is 3.96. The average molecular weight is 450 g/mol. The fourth-order valence-corrected chi connectivity index (χ4v) is 2.91. The van der Waals surface area contributed by atoms with Crippen molar-refractivity contribution in [3.8, 4) is 11.5 Å². The Balaban J connectivity index is 1.66. The van der Waals surface area contributed by atoms with Gasteiger partial charge in [0.15, 0.2) is 0 Å². The van der Waals surface area contributed by atoms with Crippen LogP contribution in [0.1, 0.15) is 15.9 Å². The number of ether oxygens (including phenoxy) is 2. The maximum Gasteiger partial charge on any atom is 0.314 e. The molecule has 28 heavy (non-hydrogen) atoms. The van der Waals surface area contributed by atoms with Crippen molar-refractivity contribution in [3.63, 3.8) is 0 Å². The molecule has 2 aromatic carbocycles. The molecule has 7 nitrogen and oxygen atoms in total. The van der Waals surface area contributed by atoms with Crippen LogP contribution >= 0.6 is 15.9 Å². The highest BCUT2D eigenvalue weighted by Crippen LogP contribution is 2.24. The predicted molar refractivity (Wildman–Crippen MR) is 111 cm³/mol. The van der Waals surface area contributed by atoms with Gasteiger partial charge >= 0.3 is 6.03 Å². The Hall–Kier alpha value is -2.74. The molecule has 3 N–H and O–H groups in total. The van der Waals surface area contributed by atoms with E-state index in [1.165, 1.54) is 0 Å². The number of urea groups is 1. The molecule has 0 radical (unpaired) electrons. The van der Waals surface area contributed by atoms with E-state index in [-0.39, 0.29) is 11.9 Å². The molecule has 0 saturated carbocycles. The first-order valence-corrected chi connectivity index (χ1v) is 9.59. The summed E-state index contributed by atoms with van der Waals surface area (Å²) < 4.78 is 11.3. The van der Waals surface area contributed by atoms with Crippen molar-refractivity contribution < 1.29 is 19.1 Å². The Bertz CT molecular complexity index is 814. The second-order valence-corrected chi connectivity index (χ2v) is 6.79. The minimum atomic E-state index is -0.288. The van der Waals surface area contributed by atoms with Crippen LogP contribution in [0.15, 0.2) is 46.9 Å². The lowest BCUT2D eigenvalue weighted by Crippen LogP contribution is -2.40. The van der Waals surface area contributed by atoms with Gasteiger partial charge in [0.25, 0.3) is 5.91 Å². The molecule has 0 heterocycles. The topological polar surface area (TPSA) is 88.7 Å². The third kappa shape index (κ3) is 6.77. The molecule has 0 spiro atoms. The van der Waals surface area contributed by atoms with E-state index in [1.54, 1.807) is 32.4 Å². The molecule has 0 saturated heterocycles. The summed E-state index contributed by atoms with van der Waals surface area (Å²) >= 11 is 3.33. The lowest BCUT2D eigenvalue weighted by molar-refractivity contribution is 0.0953. The number of methoxy groups -OCH3 is 2. The van der Waals surface area contributed by atoms with E-state index < -0.39 is 0 Å². The Kier molecular flexibility index (Phi) is 8.61. The Morgan fingerprint density at radius 1 is 0.929 bits per heavy atom. The summed E-state index contributed by atoms with van der Waals surface area (Å²) in [6.45, 7) is 1.13. The van der Waals surface area contributed by atoms with Crippen LogP contribution in [0, 0.1) is 0 Å². The summed E-state index contributed by atoms with van der Waals surface area (Å²) in [5, 5.41) is 8.25. The van der Waals surface area contributed by atoms with E-state index in [4.69, 9.17) is 9.47 Å². The number of carbonyl (C=O) groups excluding carboxylic acids is 2. The van der Waals surface area contributed by atoms with Gasteiger partial charge in [0.1, 0.15) is 11.5 Å². The first kappa shape index (κ1) is 21.6. The molecule has 3 amide bonds. The molecule has 0 aliphatic heterocycles. The van der Waals surface area contributed by atoms with Crippen LogP contribution in [0.3, 0.4) is 0 Å². The van der Waals surface area contributed by atoms with E-state index in [0.717, 1.165) is 21.5 Å². The lowest BCUT2D eigenvalue weighted by Gasteiger charge is -2.12. The highest BCUT2D eigenvalue weighted by atomic mass is 79.9. The quantitative estimate of drug-likeness (QED) is 0.513. The maximum atomic E-state index is 12.0. The van der Waals surface area contributed by atoms with Gasteiger partial charge in [0, 0.05) is 35.7 Å². The maximum absolute atomic E-state index is 12.0. The van der Waals surface area contributed by atoms with Gasteiger partial charge in [-0.05, 0) is 36.2 Å². The molecular weight excluding hydrogens is 426 g/mol. The first-order chi connectivity index (χ1) is 13.5. The van der Waals surface area contributed by atoms with Crippen LogP contribution in [0.2, 0.25) is 0 Å². The predicted octanol–water partition coefficient (Wildman–Crippen LogP) is 2.74. The van der Waals surface area contributed by atoms with E-state index in [2.05, 4.69) is 31.9 Å².